The second kappa shape index (κ2) is 12.0. The van der Waals surface area contributed by atoms with Crippen LogP contribution in [0.1, 0.15) is 47.0 Å². The number of nitrogens with one attached hydrogen (secondary N) is 2. The summed E-state index contributed by atoms with van der Waals surface area (Å²) < 4.78 is 5.45. The second-order valence-corrected chi connectivity index (χ2v) is 8.83. The Morgan fingerprint density at radius 2 is 1.83 bits per heavy atom. The van der Waals surface area contributed by atoms with Gasteiger partial charge in [0.25, 0.3) is 0 Å². The van der Waals surface area contributed by atoms with Gasteiger partial charge in [-0.15, -0.1) is 0 Å². The standard InChI is InChI=1S/C21H40N6O3/c1-5-22-19(23-9-7-12-26-11-6-8-18(26)28)24-10-13-25-14-16-27(17-15-25)20(29)30-21(2,3)4/h5-17H2,1-4H3,(H2,22,23,24). The van der Waals surface area contributed by atoms with Gasteiger partial charge < -0.3 is 25.2 Å². The van der Waals surface area contributed by atoms with Crippen LogP contribution in [0.5, 0.6) is 0 Å². The predicted octanol–water partition coefficient (Wildman–Crippen LogP) is 1.11. The quantitative estimate of drug-likeness (QED) is 0.345. The normalized spacial score (nSPS) is 18.7. The summed E-state index contributed by atoms with van der Waals surface area (Å²) in [4.78, 5) is 34.5. The van der Waals surface area contributed by atoms with E-state index in [9.17, 15) is 9.59 Å². The van der Waals surface area contributed by atoms with Crippen LogP contribution in [0, 0.1) is 0 Å². The van der Waals surface area contributed by atoms with Crippen LogP contribution in [0.15, 0.2) is 4.99 Å². The van der Waals surface area contributed by atoms with Gasteiger partial charge in [-0.25, -0.2) is 4.79 Å². The van der Waals surface area contributed by atoms with Crippen molar-refractivity contribution in [2.45, 2.75) is 52.6 Å². The molecule has 9 nitrogen and oxygen atoms in total. The van der Waals surface area contributed by atoms with Crippen LogP contribution in [-0.4, -0.2) is 104 Å². The van der Waals surface area contributed by atoms with Crippen LogP contribution >= 0.6 is 0 Å². The molecule has 2 heterocycles. The molecule has 9 heteroatoms. The van der Waals surface area contributed by atoms with Crippen molar-refractivity contribution < 1.29 is 14.3 Å². The van der Waals surface area contributed by atoms with Crippen LogP contribution in [0.25, 0.3) is 0 Å². The molecule has 0 aromatic heterocycles. The first-order chi connectivity index (χ1) is 14.3. The van der Waals surface area contributed by atoms with Crippen molar-refractivity contribution in [3.05, 3.63) is 0 Å². The minimum atomic E-state index is -0.454. The monoisotopic (exact) mass is 424 g/mol. The van der Waals surface area contributed by atoms with E-state index >= 15 is 0 Å². The van der Waals surface area contributed by atoms with Crippen molar-refractivity contribution >= 4 is 18.0 Å². The third kappa shape index (κ3) is 8.77. The molecule has 2 saturated heterocycles. The minimum absolute atomic E-state index is 0.225. The largest absolute Gasteiger partial charge is 0.444 e. The molecule has 0 radical (unpaired) electrons. The van der Waals surface area contributed by atoms with Crippen LogP contribution in [-0.2, 0) is 9.53 Å². The minimum Gasteiger partial charge on any atom is -0.444 e. The van der Waals surface area contributed by atoms with Gasteiger partial charge in [0, 0.05) is 71.9 Å². The van der Waals surface area contributed by atoms with Crippen molar-refractivity contribution in [1.82, 2.24) is 25.3 Å². The first-order valence-electron chi connectivity index (χ1n) is 11.3. The van der Waals surface area contributed by atoms with E-state index in [-0.39, 0.29) is 12.0 Å². The molecule has 0 aromatic rings. The number of hydrogen-bond acceptors (Lipinski definition) is 5. The van der Waals surface area contributed by atoms with Gasteiger partial charge in [-0.1, -0.05) is 0 Å². The summed E-state index contributed by atoms with van der Waals surface area (Å²) in [7, 11) is 0. The van der Waals surface area contributed by atoms with Gasteiger partial charge in [0.15, 0.2) is 5.96 Å². The molecule has 0 aliphatic carbocycles. The molecule has 2 aliphatic rings. The maximum Gasteiger partial charge on any atom is 0.410 e. The Balaban J connectivity index is 1.63. The molecule has 2 N–H and O–H groups in total. The van der Waals surface area contributed by atoms with Crippen molar-refractivity contribution in [1.29, 1.82) is 0 Å². The third-order valence-electron chi connectivity index (χ3n) is 5.12. The zero-order valence-corrected chi connectivity index (χ0v) is 19.2. The summed E-state index contributed by atoms with van der Waals surface area (Å²) in [6.45, 7) is 15.7. The van der Waals surface area contributed by atoms with Crippen molar-refractivity contribution in [2.75, 3.05) is 65.4 Å². The van der Waals surface area contributed by atoms with Crippen LogP contribution in [0.4, 0.5) is 4.79 Å². The highest BCUT2D eigenvalue weighted by atomic mass is 16.6. The molecule has 30 heavy (non-hydrogen) atoms. The van der Waals surface area contributed by atoms with Crippen LogP contribution < -0.4 is 10.6 Å². The lowest BCUT2D eigenvalue weighted by atomic mass is 10.2. The van der Waals surface area contributed by atoms with Crippen LogP contribution in [0.3, 0.4) is 0 Å². The highest BCUT2D eigenvalue weighted by Gasteiger charge is 2.25. The SMILES string of the molecule is CCNC(=NCCCN1CCCC1=O)NCCN1CCN(C(=O)OC(C)(C)C)CC1. The fraction of sp³-hybridized carbons (Fsp3) is 0.857. The molecule has 0 saturated carbocycles. The molecule has 0 unspecified atom stereocenters. The van der Waals surface area contributed by atoms with Gasteiger partial charge in [0.2, 0.25) is 5.91 Å². The zero-order chi connectivity index (χ0) is 22.0. The topological polar surface area (TPSA) is 89.5 Å². The Morgan fingerprint density at radius 1 is 1.10 bits per heavy atom. The van der Waals surface area contributed by atoms with Crippen molar-refractivity contribution in [3.63, 3.8) is 0 Å². The molecule has 0 atom stereocenters. The molecule has 172 valence electrons. The third-order valence-corrected chi connectivity index (χ3v) is 5.12. The van der Waals surface area contributed by atoms with Gasteiger partial charge >= 0.3 is 6.09 Å². The summed E-state index contributed by atoms with van der Waals surface area (Å²) in [5.41, 5.74) is -0.454. The lowest BCUT2D eigenvalue weighted by molar-refractivity contribution is -0.127. The highest BCUT2D eigenvalue weighted by Crippen LogP contribution is 2.12. The van der Waals surface area contributed by atoms with Crippen LogP contribution in [0.2, 0.25) is 0 Å². The molecule has 0 bridgehead atoms. The molecule has 2 rings (SSSR count). The first-order valence-corrected chi connectivity index (χ1v) is 11.3. The van der Waals surface area contributed by atoms with E-state index in [1.807, 2.05) is 25.7 Å². The van der Waals surface area contributed by atoms with E-state index in [0.717, 1.165) is 64.6 Å². The maximum atomic E-state index is 12.2. The molecule has 2 fully saturated rings. The number of piperazine rings is 1. The van der Waals surface area contributed by atoms with Crippen molar-refractivity contribution in [3.8, 4) is 0 Å². The Bertz CT molecular complexity index is 582. The number of amides is 2. The second-order valence-electron chi connectivity index (χ2n) is 8.83. The number of carbonyl (C=O) groups excluding carboxylic acids is 2. The zero-order valence-electron chi connectivity index (χ0n) is 19.2. The van der Waals surface area contributed by atoms with Gasteiger partial charge in [0.05, 0.1) is 0 Å². The summed E-state index contributed by atoms with van der Waals surface area (Å²) in [6.07, 6.45) is 2.34. The van der Waals surface area contributed by atoms with E-state index < -0.39 is 5.60 Å². The summed E-state index contributed by atoms with van der Waals surface area (Å²) in [6, 6.07) is 0. The number of aliphatic imine (C=N–C) groups is 1. The van der Waals surface area contributed by atoms with E-state index in [0.29, 0.717) is 26.1 Å². The fourth-order valence-corrected chi connectivity index (χ4v) is 3.55. The molecule has 2 aliphatic heterocycles. The van der Waals surface area contributed by atoms with E-state index in [1.54, 1.807) is 4.90 Å². The number of carbonyl (C=O) groups is 2. The van der Waals surface area contributed by atoms with Gasteiger partial charge in [0.1, 0.15) is 5.60 Å². The number of rotatable bonds is 8. The molecular weight excluding hydrogens is 384 g/mol. The van der Waals surface area contributed by atoms with E-state index in [2.05, 4.69) is 27.4 Å². The van der Waals surface area contributed by atoms with Gasteiger partial charge in [-0.05, 0) is 40.5 Å². The van der Waals surface area contributed by atoms with Gasteiger partial charge in [-0.2, -0.15) is 0 Å². The number of nitrogens with zero attached hydrogens (tertiary/aromatic N) is 4. The van der Waals surface area contributed by atoms with Gasteiger partial charge in [-0.3, -0.25) is 14.7 Å². The Kier molecular flexibility index (Phi) is 9.68. The summed E-state index contributed by atoms with van der Waals surface area (Å²) in [5.74, 6) is 1.09. The molecular formula is C21H40N6O3. The van der Waals surface area contributed by atoms with E-state index in [1.165, 1.54) is 0 Å². The Morgan fingerprint density at radius 3 is 2.43 bits per heavy atom. The number of ether oxygens (including phenoxy) is 1. The smallest absolute Gasteiger partial charge is 0.410 e. The number of likely N-dealkylation sites (tertiary alicyclic amines) is 1. The fourth-order valence-electron chi connectivity index (χ4n) is 3.55. The lowest BCUT2D eigenvalue weighted by Gasteiger charge is -2.35. The Hall–Kier alpha value is -2.03. The molecule has 2 amide bonds. The number of hydrogen-bond donors (Lipinski definition) is 2. The average Bonchev–Trinajstić information content (AvgIpc) is 3.09. The average molecular weight is 425 g/mol. The summed E-state index contributed by atoms with van der Waals surface area (Å²) >= 11 is 0. The Labute approximate surface area is 181 Å². The first kappa shape index (κ1) is 24.2. The lowest BCUT2D eigenvalue weighted by Crippen LogP contribution is -2.51. The predicted molar refractivity (Wildman–Crippen MR) is 119 cm³/mol. The summed E-state index contributed by atoms with van der Waals surface area (Å²) in [5, 5.41) is 6.65. The highest BCUT2D eigenvalue weighted by molar-refractivity contribution is 5.79. The molecule has 0 spiro atoms. The van der Waals surface area contributed by atoms with E-state index in [4.69, 9.17) is 4.74 Å². The molecule has 0 aromatic carbocycles. The number of guanidine groups is 1. The van der Waals surface area contributed by atoms with Crippen molar-refractivity contribution in [2.24, 2.45) is 4.99 Å². The maximum absolute atomic E-state index is 12.2.